The summed E-state index contributed by atoms with van der Waals surface area (Å²) in [5.74, 6) is 0.828. The molecule has 0 spiro atoms. The molecule has 1 aromatic carbocycles. The van der Waals surface area contributed by atoms with Crippen molar-refractivity contribution in [3.05, 3.63) is 24.3 Å². The molecule has 0 saturated carbocycles. The predicted molar refractivity (Wildman–Crippen MR) is 57.7 cm³/mol. The van der Waals surface area contributed by atoms with Crippen molar-refractivity contribution < 1.29 is 9.47 Å². The van der Waals surface area contributed by atoms with Gasteiger partial charge in [0.05, 0.1) is 0 Å². The van der Waals surface area contributed by atoms with Gasteiger partial charge in [-0.25, -0.2) is 0 Å². The molecular weight excluding hydrogens is 178 g/mol. The van der Waals surface area contributed by atoms with Crippen molar-refractivity contribution in [1.29, 1.82) is 0 Å². The third-order valence-corrected chi connectivity index (χ3v) is 1.78. The molecule has 0 unspecified atom stereocenters. The van der Waals surface area contributed by atoms with Crippen LogP contribution in [0, 0.1) is 0 Å². The number of methoxy groups -OCH3 is 1. The van der Waals surface area contributed by atoms with Crippen LogP contribution in [0.5, 0.6) is 5.75 Å². The van der Waals surface area contributed by atoms with Crippen molar-refractivity contribution in [3.8, 4) is 5.75 Å². The van der Waals surface area contributed by atoms with Gasteiger partial charge in [-0.1, -0.05) is 6.92 Å². The average Bonchev–Trinajstić information content (AvgIpc) is 2.25. The maximum absolute atomic E-state index is 5.26. The van der Waals surface area contributed by atoms with Crippen molar-refractivity contribution in [2.24, 2.45) is 0 Å². The van der Waals surface area contributed by atoms with E-state index in [9.17, 15) is 0 Å². The Hall–Kier alpha value is -1.22. The Morgan fingerprint density at radius 3 is 2.50 bits per heavy atom. The summed E-state index contributed by atoms with van der Waals surface area (Å²) in [6.07, 6.45) is 1.13. The van der Waals surface area contributed by atoms with E-state index in [-0.39, 0.29) is 0 Å². The lowest BCUT2D eigenvalue weighted by atomic mass is 10.3. The molecular formula is C11H17NO2. The number of nitrogens with one attached hydrogen (secondary N) is 1. The Bertz CT molecular complexity index is 219. The first-order valence-electron chi connectivity index (χ1n) is 4.82. The highest BCUT2D eigenvalue weighted by Crippen LogP contribution is 2.15. The Kier molecular flexibility index (Phi) is 4.86. The van der Waals surface area contributed by atoms with E-state index in [2.05, 4.69) is 12.2 Å². The van der Waals surface area contributed by atoms with Gasteiger partial charge < -0.3 is 14.8 Å². The molecule has 0 aliphatic heterocycles. The zero-order chi connectivity index (χ0) is 10.2. The third kappa shape index (κ3) is 3.66. The van der Waals surface area contributed by atoms with E-state index >= 15 is 0 Å². The standard InChI is InChI=1S/C11H17NO2/c1-3-8-12-10-4-6-11(7-5-10)14-9-13-2/h4-7,12H,3,8-9H2,1-2H3. The fraction of sp³-hybridized carbons (Fsp3) is 0.455. The number of rotatable bonds is 6. The van der Waals surface area contributed by atoms with Crippen LogP contribution in [-0.4, -0.2) is 20.4 Å². The van der Waals surface area contributed by atoms with Crippen LogP contribution in [0.25, 0.3) is 0 Å². The first-order chi connectivity index (χ1) is 6.86. The zero-order valence-corrected chi connectivity index (χ0v) is 8.75. The smallest absolute Gasteiger partial charge is 0.188 e. The van der Waals surface area contributed by atoms with Crippen LogP contribution >= 0.6 is 0 Å². The van der Waals surface area contributed by atoms with Crippen molar-refractivity contribution >= 4 is 5.69 Å². The molecule has 0 aliphatic carbocycles. The summed E-state index contributed by atoms with van der Waals surface area (Å²) in [5, 5.41) is 3.29. The molecule has 0 aliphatic rings. The number of ether oxygens (including phenoxy) is 2. The van der Waals surface area contributed by atoms with Gasteiger partial charge in [-0.2, -0.15) is 0 Å². The van der Waals surface area contributed by atoms with Gasteiger partial charge in [-0.3, -0.25) is 0 Å². The minimum Gasteiger partial charge on any atom is -0.468 e. The van der Waals surface area contributed by atoms with Gasteiger partial charge in [0.15, 0.2) is 6.79 Å². The maximum atomic E-state index is 5.26. The van der Waals surface area contributed by atoms with Gasteiger partial charge >= 0.3 is 0 Å². The molecule has 0 bridgehead atoms. The molecule has 1 rings (SSSR count). The molecule has 14 heavy (non-hydrogen) atoms. The number of benzene rings is 1. The molecule has 78 valence electrons. The van der Waals surface area contributed by atoms with Crippen LogP contribution in [-0.2, 0) is 4.74 Å². The van der Waals surface area contributed by atoms with Gasteiger partial charge in [-0.15, -0.1) is 0 Å². The zero-order valence-electron chi connectivity index (χ0n) is 8.75. The largest absolute Gasteiger partial charge is 0.468 e. The summed E-state index contributed by atoms with van der Waals surface area (Å²) in [7, 11) is 1.61. The Morgan fingerprint density at radius 1 is 1.21 bits per heavy atom. The Morgan fingerprint density at radius 2 is 1.93 bits per heavy atom. The van der Waals surface area contributed by atoms with Crippen LogP contribution in [0.1, 0.15) is 13.3 Å². The second-order valence-corrected chi connectivity index (χ2v) is 3.00. The van der Waals surface area contributed by atoms with E-state index in [0.29, 0.717) is 6.79 Å². The molecule has 0 saturated heterocycles. The average molecular weight is 195 g/mol. The van der Waals surface area contributed by atoms with Crippen molar-refractivity contribution in [2.75, 3.05) is 25.8 Å². The van der Waals surface area contributed by atoms with Crippen LogP contribution in [0.4, 0.5) is 5.69 Å². The third-order valence-electron chi connectivity index (χ3n) is 1.78. The van der Waals surface area contributed by atoms with E-state index < -0.39 is 0 Å². The lowest BCUT2D eigenvalue weighted by molar-refractivity contribution is 0.0511. The number of anilines is 1. The van der Waals surface area contributed by atoms with Gasteiger partial charge in [0, 0.05) is 19.3 Å². The van der Waals surface area contributed by atoms with Crippen LogP contribution < -0.4 is 10.1 Å². The summed E-state index contributed by atoms with van der Waals surface area (Å²) in [4.78, 5) is 0. The molecule has 3 heteroatoms. The minimum atomic E-state index is 0.293. The number of hydrogen-bond acceptors (Lipinski definition) is 3. The summed E-state index contributed by atoms with van der Waals surface area (Å²) in [6, 6.07) is 7.86. The maximum Gasteiger partial charge on any atom is 0.188 e. The fourth-order valence-corrected chi connectivity index (χ4v) is 1.07. The van der Waals surface area contributed by atoms with Gasteiger partial charge in [-0.05, 0) is 30.7 Å². The van der Waals surface area contributed by atoms with E-state index in [1.54, 1.807) is 7.11 Å². The highest BCUT2D eigenvalue weighted by atomic mass is 16.7. The molecule has 0 amide bonds. The molecule has 1 aromatic rings. The van der Waals surface area contributed by atoms with Crippen LogP contribution in [0.2, 0.25) is 0 Å². The van der Waals surface area contributed by atoms with E-state index in [4.69, 9.17) is 9.47 Å². The predicted octanol–water partition coefficient (Wildman–Crippen LogP) is 2.49. The summed E-state index contributed by atoms with van der Waals surface area (Å²) >= 11 is 0. The highest BCUT2D eigenvalue weighted by molar-refractivity contribution is 5.46. The monoisotopic (exact) mass is 195 g/mol. The van der Waals surface area contributed by atoms with Crippen molar-refractivity contribution in [1.82, 2.24) is 0 Å². The second-order valence-electron chi connectivity index (χ2n) is 3.00. The van der Waals surface area contributed by atoms with Crippen molar-refractivity contribution in [3.63, 3.8) is 0 Å². The lowest BCUT2D eigenvalue weighted by Crippen LogP contribution is -2.00. The molecule has 3 nitrogen and oxygen atoms in total. The Balaban J connectivity index is 2.42. The highest BCUT2D eigenvalue weighted by Gasteiger charge is 1.93. The normalized spacial score (nSPS) is 9.86. The topological polar surface area (TPSA) is 30.5 Å². The fourth-order valence-electron chi connectivity index (χ4n) is 1.07. The first-order valence-corrected chi connectivity index (χ1v) is 4.82. The van der Waals surface area contributed by atoms with Crippen LogP contribution in [0.3, 0.4) is 0 Å². The van der Waals surface area contributed by atoms with E-state index in [0.717, 1.165) is 24.4 Å². The van der Waals surface area contributed by atoms with E-state index in [1.165, 1.54) is 0 Å². The molecule has 0 heterocycles. The Labute approximate surface area is 85.0 Å². The quantitative estimate of drug-likeness (QED) is 0.707. The lowest BCUT2D eigenvalue weighted by Gasteiger charge is -2.07. The van der Waals surface area contributed by atoms with Crippen molar-refractivity contribution in [2.45, 2.75) is 13.3 Å². The second kappa shape index (κ2) is 6.27. The number of hydrogen-bond donors (Lipinski definition) is 1. The molecule has 0 aromatic heterocycles. The minimum absolute atomic E-state index is 0.293. The SMILES string of the molecule is CCCNc1ccc(OCOC)cc1. The molecule has 0 fully saturated rings. The van der Waals surface area contributed by atoms with Gasteiger partial charge in [0.2, 0.25) is 0 Å². The first kappa shape index (κ1) is 10.9. The van der Waals surface area contributed by atoms with Crippen LogP contribution in [0.15, 0.2) is 24.3 Å². The summed E-state index contributed by atoms with van der Waals surface area (Å²) in [6.45, 7) is 3.43. The molecule has 0 radical (unpaired) electrons. The van der Waals surface area contributed by atoms with Gasteiger partial charge in [0.25, 0.3) is 0 Å². The van der Waals surface area contributed by atoms with E-state index in [1.807, 2.05) is 24.3 Å². The van der Waals surface area contributed by atoms with Gasteiger partial charge in [0.1, 0.15) is 5.75 Å². The molecule has 1 N–H and O–H groups in total. The molecule has 0 atom stereocenters. The summed E-state index contributed by atoms with van der Waals surface area (Å²) in [5.41, 5.74) is 1.12. The summed E-state index contributed by atoms with van der Waals surface area (Å²) < 4.78 is 10.1.